The highest BCUT2D eigenvalue weighted by Crippen LogP contribution is 2.22. The molecule has 0 bridgehead atoms. The maximum Gasteiger partial charge on any atom is 0.340 e. The first-order valence-electron chi connectivity index (χ1n) is 6.16. The molecule has 0 heterocycles. The molecule has 3 heteroatoms. The van der Waals surface area contributed by atoms with Crippen LogP contribution in [0.3, 0.4) is 0 Å². The number of rotatable bonds is 3. The van der Waals surface area contributed by atoms with E-state index in [4.69, 9.17) is 10.5 Å². The third-order valence-electron chi connectivity index (χ3n) is 3.09. The zero-order valence-corrected chi connectivity index (χ0v) is 11.1. The number of ether oxygens (including phenoxy) is 1. The van der Waals surface area contributed by atoms with Gasteiger partial charge in [0.1, 0.15) is 6.61 Å². The molecule has 0 amide bonds. The van der Waals surface area contributed by atoms with Crippen LogP contribution >= 0.6 is 0 Å². The molecule has 0 radical (unpaired) electrons. The number of aryl methyl sites for hydroxylation is 2. The van der Waals surface area contributed by atoms with Crippen molar-refractivity contribution >= 4 is 11.7 Å². The molecular formula is C16H17NO2. The Kier molecular flexibility index (Phi) is 3.85. The van der Waals surface area contributed by atoms with Gasteiger partial charge in [-0.1, -0.05) is 42.5 Å². The molecule has 0 fully saturated rings. The van der Waals surface area contributed by atoms with E-state index < -0.39 is 0 Å². The second kappa shape index (κ2) is 5.57. The van der Waals surface area contributed by atoms with E-state index in [0.29, 0.717) is 11.3 Å². The van der Waals surface area contributed by atoms with Gasteiger partial charge in [-0.05, 0) is 30.5 Å². The van der Waals surface area contributed by atoms with Gasteiger partial charge in [-0.15, -0.1) is 0 Å². The van der Waals surface area contributed by atoms with Gasteiger partial charge in [-0.25, -0.2) is 4.79 Å². The van der Waals surface area contributed by atoms with Gasteiger partial charge in [0, 0.05) is 5.69 Å². The third kappa shape index (κ3) is 2.94. The number of carbonyl (C=O) groups excluding carboxylic acids is 1. The van der Waals surface area contributed by atoms with Crippen LogP contribution < -0.4 is 5.73 Å². The standard InChI is InChI=1S/C16H17NO2/c1-11-8-9-12(2)15(17)14(11)16(18)19-10-13-6-4-3-5-7-13/h3-9H,10,17H2,1-2H3. The molecular weight excluding hydrogens is 238 g/mol. The molecule has 0 aliphatic carbocycles. The Bertz CT molecular complexity index is 591. The summed E-state index contributed by atoms with van der Waals surface area (Å²) < 4.78 is 5.31. The number of nitrogen functional groups attached to an aromatic ring is 1. The summed E-state index contributed by atoms with van der Waals surface area (Å²) in [6, 6.07) is 13.4. The molecule has 0 saturated carbocycles. The quantitative estimate of drug-likeness (QED) is 0.676. The minimum Gasteiger partial charge on any atom is -0.457 e. The van der Waals surface area contributed by atoms with E-state index in [1.165, 1.54) is 0 Å². The van der Waals surface area contributed by atoms with Gasteiger partial charge in [-0.3, -0.25) is 0 Å². The van der Waals surface area contributed by atoms with E-state index in [-0.39, 0.29) is 12.6 Å². The Labute approximate surface area is 113 Å². The first-order chi connectivity index (χ1) is 9.09. The molecule has 0 aliphatic rings. The van der Waals surface area contributed by atoms with Gasteiger partial charge in [0.25, 0.3) is 0 Å². The van der Waals surface area contributed by atoms with E-state index in [1.54, 1.807) is 0 Å². The highest BCUT2D eigenvalue weighted by molar-refractivity contribution is 5.97. The number of nitrogens with two attached hydrogens (primary N) is 1. The fourth-order valence-electron chi connectivity index (χ4n) is 1.90. The molecule has 2 rings (SSSR count). The maximum atomic E-state index is 12.1. The second-order valence-corrected chi connectivity index (χ2v) is 4.55. The summed E-state index contributed by atoms with van der Waals surface area (Å²) in [6.45, 7) is 3.99. The van der Waals surface area contributed by atoms with Crippen LogP contribution in [0, 0.1) is 13.8 Å². The van der Waals surface area contributed by atoms with Gasteiger partial charge >= 0.3 is 5.97 Å². The molecule has 0 saturated heterocycles. The van der Waals surface area contributed by atoms with E-state index in [0.717, 1.165) is 16.7 Å². The van der Waals surface area contributed by atoms with Crippen molar-refractivity contribution in [3.63, 3.8) is 0 Å². The lowest BCUT2D eigenvalue weighted by molar-refractivity contribution is 0.0473. The summed E-state index contributed by atoms with van der Waals surface area (Å²) in [4.78, 5) is 12.1. The van der Waals surface area contributed by atoms with E-state index in [9.17, 15) is 4.79 Å². The van der Waals surface area contributed by atoms with Crippen LogP contribution in [0.5, 0.6) is 0 Å². The van der Waals surface area contributed by atoms with Crippen LogP contribution in [0.2, 0.25) is 0 Å². The highest BCUT2D eigenvalue weighted by atomic mass is 16.5. The lowest BCUT2D eigenvalue weighted by atomic mass is 10.0. The Morgan fingerprint density at radius 2 is 1.68 bits per heavy atom. The molecule has 3 nitrogen and oxygen atoms in total. The monoisotopic (exact) mass is 255 g/mol. The fourth-order valence-corrected chi connectivity index (χ4v) is 1.90. The van der Waals surface area contributed by atoms with Gasteiger partial charge in [-0.2, -0.15) is 0 Å². The van der Waals surface area contributed by atoms with E-state index >= 15 is 0 Å². The zero-order chi connectivity index (χ0) is 13.8. The number of esters is 1. The molecule has 2 aromatic carbocycles. The molecule has 0 aromatic heterocycles. The average Bonchev–Trinajstić information content (AvgIpc) is 2.42. The summed E-state index contributed by atoms with van der Waals surface area (Å²) in [7, 11) is 0. The van der Waals surface area contributed by atoms with Gasteiger partial charge < -0.3 is 10.5 Å². The molecule has 98 valence electrons. The molecule has 0 unspecified atom stereocenters. The summed E-state index contributed by atoms with van der Waals surface area (Å²) in [6.07, 6.45) is 0. The number of hydrogen-bond donors (Lipinski definition) is 1. The van der Waals surface area contributed by atoms with Gasteiger partial charge in [0.05, 0.1) is 5.56 Å². The van der Waals surface area contributed by atoms with Crippen LogP contribution in [0.15, 0.2) is 42.5 Å². The number of hydrogen-bond acceptors (Lipinski definition) is 3. The normalized spacial score (nSPS) is 10.2. The first-order valence-corrected chi connectivity index (χ1v) is 6.16. The summed E-state index contributed by atoms with van der Waals surface area (Å²) in [5, 5.41) is 0. The second-order valence-electron chi connectivity index (χ2n) is 4.55. The van der Waals surface area contributed by atoms with Crippen LogP contribution in [0.1, 0.15) is 27.0 Å². The largest absolute Gasteiger partial charge is 0.457 e. The SMILES string of the molecule is Cc1ccc(C)c(C(=O)OCc2ccccc2)c1N. The van der Waals surface area contributed by atoms with E-state index in [1.807, 2.05) is 56.3 Å². The summed E-state index contributed by atoms with van der Waals surface area (Å²) in [5.41, 5.74) is 9.60. The fraction of sp³-hybridized carbons (Fsp3) is 0.188. The van der Waals surface area contributed by atoms with Crippen molar-refractivity contribution in [1.82, 2.24) is 0 Å². The Hall–Kier alpha value is -2.29. The lowest BCUT2D eigenvalue weighted by Crippen LogP contribution is -2.11. The predicted molar refractivity (Wildman–Crippen MR) is 75.9 cm³/mol. The number of carbonyl (C=O) groups is 1. The Balaban J connectivity index is 2.15. The molecule has 19 heavy (non-hydrogen) atoms. The topological polar surface area (TPSA) is 52.3 Å². The molecule has 0 atom stereocenters. The average molecular weight is 255 g/mol. The van der Waals surface area contributed by atoms with Gasteiger partial charge in [0.15, 0.2) is 0 Å². The summed E-state index contributed by atoms with van der Waals surface area (Å²) >= 11 is 0. The molecule has 2 N–H and O–H groups in total. The van der Waals surface area contributed by atoms with Crippen molar-refractivity contribution in [1.29, 1.82) is 0 Å². The van der Waals surface area contributed by atoms with Crippen LogP contribution in [-0.4, -0.2) is 5.97 Å². The van der Waals surface area contributed by atoms with E-state index in [2.05, 4.69) is 0 Å². The van der Waals surface area contributed by atoms with Crippen molar-refractivity contribution in [2.75, 3.05) is 5.73 Å². The minimum absolute atomic E-state index is 0.256. The van der Waals surface area contributed by atoms with Crippen molar-refractivity contribution in [3.8, 4) is 0 Å². The van der Waals surface area contributed by atoms with Crippen LogP contribution in [0.4, 0.5) is 5.69 Å². The van der Waals surface area contributed by atoms with Crippen molar-refractivity contribution in [2.45, 2.75) is 20.5 Å². The number of anilines is 1. The van der Waals surface area contributed by atoms with Crippen molar-refractivity contribution in [2.24, 2.45) is 0 Å². The van der Waals surface area contributed by atoms with Crippen LogP contribution in [-0.2, 0) is 11.3 Å². The van der Waals surface area contributed by atoms with Crippen LogP contribution in [0.25, 0.3) is 0 Å². The molecule has 0 spiro atoms. The smallest absolute Gasteiger partial charge is 0.340 e. The predicted octanol–water partition coefficient (Wildman–Crippen LogP) is 3.24. The first kappa shape index (κ1) is 13.1. The lowest BCUT2D eigenvalue weighted by Gasteiger charge is -2.11. The zero-order valence-electron chi connectivity index (χ0n) is 11.1. The summed E-state index contributed by atoms with van der Waals surface area (Å²) in [5.74, 6) is -0.373. The third-order valence-corrected chi connectivity index (χ3v) is 3.09. The van der Waals surface area contributed by atoms with Gasteiger partial charge in [0.2, 0.25) is 0 Å². The Morgan fingerprint density at radius 1 is 1.05 bits per heavy atom. The van der Waals surface area contributed by atoms with Crippen molar-refractivity contribution < 1.29 is 9.53 Å². The molecule has 2 aromatic rings. The highest BCUT2D eigenvalue weighted by Gasteiger charge is 2.15. The Morgan fingerprint density at radius 3 is 2.37 bits per heavy atom. The maximum absolute atomic E-state index is 12.1. The number of benzene rings is 2. The minimum atomic E-state index is -0.373. The van der Waals surface area contributed by atoms with Crippen molar-refractivity contribution in [3.05, 3.63) is 64.7 Å². The molecule has 0 aliphatic heterocycles.